The molecular formula is C24H22F3N5O2. The van der Waals surface area contributed by atoms with Crippen LogP contribution in [0.15, 0.2) is 61.6 Å². The van der Waals surface area contributed by atoms with Gasteiger partial charge in [0.25, 0.3) is 5.91 Å². The van der Waals surface area contributed by atoms with Crippen molar-refractivity contribution in [2.75, 3.05) is 5.73 Å². The van der Waals surface area contributed by atoms with Gasteiger partial charge in [0.2, 0.25) is 0 Å². The van der Waals surface area contributed by atoms with Gasteiger partial charge in [0, 0.05) is 29.8 Å². The number of carbonyl (C=O) groups is 1. The molecule has 4 aromatic rings. The standard InChI is InChI=1S/C24H22F3N5O2/c1-3-4-14(2)31(12-16-5-7-17(10-18(16)25)34-24(26)27)23(33)15-6-8-19-20(9-15)32-13-29-11-21(32)22(28)30-19/h3,5-11,13-14,24H,1,4,12H2,2H3,(H2,28,30). The summed E-state index contributed by atoms with van der Waals surface area (Å²) in [6.07, 6.45) is 5.31. The van der Waals surface area contributed by atoms with Gasteiger partial charge in [0.1, 0.15) is 22.9 Å². The number of carbonyl (C=O) groups excluding carboxylic acids is 1. The van der Waals surface area contributed by atoms with Crippen LogP contribution in [-0.2, 0) is 6.54 Å². The Kier molecular flexibility index (Phi) is 6.40. The predicted molar refractivity (Wildman–Crippen MR) is 122 cm³/mol. The van der Waals surface area contributed by atoms with Crippen molar-refractivity contribution in [1.29, 1.82) is 0 Å². The second kappa shape index (κ2) is 9.42. The van der Waals surface area contributed by atoms with E-state index in [1.165, 1.54) is 17.0 Å². The van der Waals surface area contributed by atoms with E-state index in [1.54, 1.807) is 41.2 Å². The Balaban J connectivity index is 1.70. The molecule has 2 N–H and O–H groups in total. The fraction of sp³-hybridized carbons (Fsp3) is 0.208. The van der Waals surface area contributed by atoms with Crippen LogP contribution in [0.4, 0.5) is 19.0 Å². The number of nitrogen functional groups attached to an aromatic ring is 1. The van der Waals surface area contributed by atoms with Gasteiger partial charge in [-0.15, -0.1) is 6.58 Å². The van der Waals surface area contributed by atoms with Gasteiger partial charge >= 0.3 is 6.61 Å². The molecule has 0 aliphatic heterocycles. The first-order chi connectivity index (χ1) is 16.3. The molecule has 7 nitrogen and oxygen atoms in total. The Morgan fingerprint density at radius 3 is 2.76 bits per heavy atom. The summed E-state index contributed by atoms with van der Waals surface area (Å²) in [4.78, 5) is 23.5. The number of hydrogen-bond donors (Lipinski definition) is 1. The summed E-state index contributed by atoms with van der Waals surface area (Å²) in [6.45, 7) is 2.41. The topological polar surface area (TPSA) is 85.8 Å². The van der Waals surface area contributed by atoms with Gasteiger partial charge in [-0.1, -0.05) is 12.1 Å². The van der Waals surface area contributed by atoms with Crippen molar-refractivity contribution in [3.05, 3.63) is 78.5 Å². The fourth-order valence-corrected chi connectivity index (χ4v) is 3.79. The minimum Gasteiger partial charge on any atom is -0.435 e. The maximum atomic E-state index is 14.6. The van der Waals surface area contributed by atoms with E-state index in [0.29, 0.717) is 34.4 Å². The highest BCUT2D eigenvalue weighted by molar-refractivity contribution is 5.98. The zero-order valence-corrected chi connectivity index (χ0v) is 18.3. The van der Waals surface area contributed by atoms with Crippen LogP contribution in [0.1, 0.15) is 29.3 Å². The number of ether oxygens (including phenoxy) is 1. The lowest BCUT2D eigenvalue weighted by atomic mass is 10.1. The molecule has 1 amide bonds. The summed E-state index contributed by atoms with van der Waals surface area (Å²) < 4.78 is 45.5. The van der Waals surface area contributed by atoms with Crippen LogP contribution in [-0.4, -0.2) is 37.8 Å². The monoisotopic (exact) mass is 469 g/mol. The summed E-state index contributed by atoms with van der Waals surface area (Å²) in [6, 6.07) is 8.14. The Hall–Kier alpha value is -4.08. The number of aromatic nitrogens is 3. The van der Waals surface area contributed by atoms with Gasteiger partial charge in [0.15, 0.2) is 0 Å². The van der Waals surface area contributed by atoms with Crippen LogP contribution in [0.25, 0.3) is 16.6 Å². The van der Waals surface area contributed by atoms with Gasteiger partial charge in [-0.3, -0.25) is 9.20 Å². The zero-order valence-electron chi connectivity index (χ0n) is 18.3. The number of anilines is 1. The second-order valence-corrected chi connectivity index (χ2v) is 7.79. The minimum absolute atomic E-state index is 0.0762. The lowest BCUT2D eigenvalue weighted by Gasteiger charge is -2.29. The maximum absolute atomic E-state index is 14.6. The SMILES string of the molecule is C=CCC(C)N(Cc1ccc(OC(F)F)cc1F)C(=O)c1ccc2nc(N)c3cncn3c2c1. The number of nitrogens with two attached hydrogens (primary N) is 1. The molecule has 176 valence electrons. The number of alkyl halides is 2. The van der Waals surface area contributed by atoms with E-state index >= 15 is 0 Å². The van der Waals surface area contributed by atoms with E-state index in [0.717, 1.165) is 6.07 Å². The van der Waals surface area contributed by atoms with Crippen LogP contribution in [0.5, 0.6) is 5.75 Å². The Morgan fingerprint density at radius 1 is 1.26 bits per heavy atom. The van der Waals surface area contributed by atoms with Crippen molar-refractivity contribution < 1.29 is 22.7 Å². The minimum atomic E-state index is -3.06. The highest BCUT2D eigenvalue weighted by Crippen LogP contribution is 2.25. The van der Waals surface area contributed by atoms with E-state index in [4.69, 9.17) is 5.73 Å². The van der Waals surface area contributed by atoms with Crippen molar-refractivity contribution in [2.24, 2.45) is 0 Å². The first-order valence-corrected chi connectivity index (χ1v) is 10.4. The third kappa shape index (κ3) is 4.52. The average Bonchev–Trinajstić information content (AvgIpc) is 3.29. The number of imidazole rings is 1. The summed E-state index contributed by atoms with van der Waals surface area (Å²) in [5.74, 6) is -1.06. The molecule has 0 aliphatic carbocycles. The molecule has 1 atom stereocenters. The largest absolute Gasteiger partial charge is 0.435 e. The molecule has 0 aliphatic rings. The van der Waals surface area contributed by atoms with E-state index in [2.05, 4.69) is 21.3 Å². The van der Waals surface area contributed by atoms with Crippen LogP contribution in [0.2, 0.25) is 0 Å². The van der Waals surface area contributed by atoms with Crippen LogP contribution >= 0.6 is 0 Å². The quantitative estimate of drug-likeness (QED) is 0.374. The number of fused-ring (bicyclic) bond motifs is 3. The molecule has 0 spiro atoms. The number of rotatable bonds is 8. The first-order valence-electron chi connectivity index (χ1n) is 10.4. The Morgan fingerprint density at radius 2 is 2.06 bits per heavy atom. The van der Waals surface area contributed by atoms with E-state index in [9.17, 15) is 18.0 Å². The van der Waals surface area contributed by atoms with Gasteiger partial charge in [-0.25, -0.2) is 14.4 Å². The van der Waals surface area contributed by atoms with Crippen LogP contribution in [0.3, 0.4) is 0 Å². The molecule has 10 heteroatoms. The normalized spacial score (nSPS) is 12.3. The summed E-state index contributed by atoms with van der Waals surface area (Å²) in [7, 11) is 0. The molecule has 0 saturated carbocycles. The number of halogens is 3. The molecule has 0 fully saturated rings. The maximum Gasteiger partial charge on any atom is 0.387 e. The molecule has 2 heterocycles. The Labute approximate surface area is 193 Å². The van der Waals surface area contributed by atoms with Crippen molar-refractivity contribution in [1.82, 2.24) is 19.3 Å². The lowest BCUT2D eigenvalue weighted by molar-refractivity contribution is -0.0500. The van der Waals surface area contributed by atoms with Gasteiger partial charge < -0.3 is 15.4 Å². The summed E-state index contributed by atoms with van der Waals surface area (Å²) in [5.41, 5.74) is 8.35. The van der Waals surface area contributed by atoms with Crippen molar-refractivity contribution in [3.63, 3.8) is 0 Å². The second-order valence-electron chi connectivity index (χ2n) is 7.79. The average molecular weight is 469 g/mol. The zero-order chi connectivity index (χ0) is 24.4. The number of nitrogens with zero attached hydrogens (tertiary/aromatic N) is 4. The third-order valence-corrected chi connectivity index (χ3v) is 5.51. The van der Waals surface area contributed by atoms with Gasteiger partial charge in [0.05, 0.1) is 23.6 Å². The number of hydrogen-bond acceptors (Lipinski definition) is 5. The third-order valence-electron chi connectivity index (χ3n) is 5.51. The highest BCUT2D eigenvalue weighted by Gasteiger charge is 2.23. The van der Waals surface area contributed by atoms with Crippen molar-refractivity contribution in [3.8, 4) is 5.75 Å². The fourth-order valence-electron chi connectivity index (χ4n) is 3.79. The van der Waals surface area contributed by atoms with Gasteiger partial charge in [-0.05, 0) is 37.6 Å². The van der Waals surface area contributed by atoms with Crippen molar-refractivity contribution >= 4 is 28.3 Å². The molecule has 1 unspecified atom stereocenters. The lowest BCUT2D eigenvalue weighted by Crippen LogP contribution is -2.38. The van der Waals surface area contributed by atoms with E-state index < -0.39 is 12.4 Å². The molecule has 0 bridgehead atoms. The number of benzene rings is 2. The summed E-state index contributed by atoms with van der Waals surface area (Å²) in [5, 5.41) is 0. The molecule has 0 saturated heterocycles. The molecular weight excluding hydrogens is 447 g/mol. The van der Waals surface area contributed by atoms with E-state index in [1.807, 2.05) is 6.92 Å². The van der Waals surface area contributed by atoms with Crippen LogP contribution in [0, 0.1) is 5.82 Å². The number of amides is 1. The molecule has 2 aromatic heterocycles. The molecule has 34 heavy (non-hydrogen) atoms. The van der Waals surface area contributed by atoms with Crippen LogP contribution < -0.4 is 10.5 Å². The summed E-state index contributed by atoms with van der Waals surface area (Å²) >= 11 is 0. The molecule has 0 radical (unpaired) electrons. The van der Waals surface area contributed by atoms with Crippen molar-refractivity contribution in [2.45, 2.75) is 32.5 Å². The molecule has 2 aromatic carbocycles. The highest BCUT2D eigenvalue weighted by atomic mass is 19.3. The molecule has 4 rings (SSSR count). The van der Waals surface area contributed by atoms with E-state index in [-0.39, 0.29) is 29.8 Å². The first kappa shape index (κ1) is 23.1. The predicted octanol–water partition coefficient (Wildman–Crippen LogP) is 4.81. The van der Waals surface area contributed by atoms with Gasteiger partial charge in [-0.2, -0.15) is 8.78 Å². The Bertz CT molecular complexity index is 1370. The smallest absolute Gasteiger partial charge is 0.387 e.